The van der Waals surface area contributed by atoms with Crippen LogP contribution in [0, 0.1) is 10.6 Å². The van der Waals surface area contributed by atoms with Crippen LogP contribution in [0.5, 0.6) is 0 Å². The molecule has 1 N–H and O–H groups in total. The van der Waals surface area contributed by atoms with Gasteiger partial charge in [0.25, 0.3) is 0 Å². The van der Waals surface area contributed by atoms with E-state index in [1.807, 2.05) is 19.2 Å². The van der Waals surface area contributed by atoms with Crippen LogP contribution >= 0.6 is 12.2 Å². The summed E-state index contributed by atoms with van der Waals surface area (Å²) in [5.74, 6) is -0.182. The standard InChI is InChI=1S/C19H21FN4S/c1-21-17-4-2-3-5-18(17)24(19(21)25)14-22-10-12-23(13-11-22)16-8-6-15(20)7-9-16/h2-9H,10-14H2,1H3/p+1. The number of nitrogens with zero attached hydrogens (tertiary/aromatic N) is 3. The van der Waals surface area contributed by atoms with Crippen LogP contribution in [0.3, 0.4) is 0 Å². The fraction of sp³-hybridized carbons (Fsp3) is 0.316. The Morgan fingerprint density at radius 1 is 1.00 bits per heavy atom. The first kappa shape index (κ1) is 16.3. The number of quaternary nitrogens is 1. The van der Waals surface area contributed by atoms with Crippen molar-refractivity contribution >= 4 is 28.9 Å². The summed E-state index contributed by atoms with van der Waals surface area (Å²) in [4.78, 5) is 3.84. The van der Waals surface area contributed by atoms with E-state index in [1.165, 1.54) is 28.1 Å². The number of hydrogen-bond donors (Lipinski definition) is 1. The Morgan fingerprint density at radius 3 is 2.32 bits per heavy atom. The zero-order valence-corrected chi connectivity index (χ0v) is 15.1. The van der Waals surface area contributed by atoms with E-state index in [0.29, 0.717) is 0 Å². The molecule has 0 amide bonds. The molecule has 25 heavy (non-hydrogen) atoms. The lowest BCUT2D eigenvalue weighted by Crippen LogP contribution is -3.14. The number of aryl methyl sites for hydroxylation is 1. The van der Waals surface area contributed by atoms with Crippen LogP contribution in [0.25, 0.3) is 11.0 Å². The molecule has 0 aliphatic carbocycles. The summed E-state index contributed by atoms with van der Waals surface area (Å²) in [5, 5.41) is 0. The summed E-state index contributed by atoms with van der Waals surface area (Å²) in [6.45, 7) is 4.92. The van der Waals surface area contributed by atoms with Gasteiger partial charge in [-0.15, -0.1) is 0 Å². The van der Waals surface area contributed by atoms with Crippen LogP contribution < -0.4 is 9.80 Å². The fourth-order valence-electron chi connectivity index (χ4n) is 3.63. The lowest BCUT2D eigenvalue weighted by molar-refractivity contribution is -0.923. The van der Waals surface area contributed by atoms with Crippen molar-refractivity contribution in [3.63, 3.8) is 0 Å². The molecular formula is C19H22FN4S+. The summed E-state index contributed by atoms with van der Waals surface area (Å²) in [6.07, 6.45) is 0. The number of para-hydroxylation sites is 2. The summed E-state index contributed by atoms with van der Waals surface area (Å²) in [6, 6.07) is 15.2. The molecule has 0 atom stereocenters. The van der Waals surface area contributed by atoms with E-state index in [1.54, 1.807) is 0 Å². The van der Waals surface area contributed by atoms with Gasteiger partial charge in [-0.05, 0) is 48.6 Å². The average molecular weight is 357 g/mol. The van der Waals surface area contributed by atoms with Gasteiger partial charge in [0.2, 0.25) is 0 Å². The Labute approximate surface area is 151 Å². The minimum atomic E-state index is -0.182. The predicted molar refractivity (Wildman–Crippen MR) is 101 cm³/mol. The Kier molecular flexibility index (Phi) is 4.31. The van der Waals surface area contributed by atoms with E-state index >= 15 is 0 Å². The second-order valence-corrected chi connectivity index (χ2v) is 7.00. The highest BCUT2D eigenvalue weighted by Gasteiger charge is 2.21. The van der Waals surface area contributed by atoms with Gasteiger partial charge in [0, 0.05) is 12.7 Å². The van der Waals surface area contributed by atoms with Gasteiger partial charge in [-0.1, -0.05) is 12.1 Å². The van der Waals surface area contributed by atoms with Crippen molar-refractivity contribution < 1.29 is 9.29 Å². The van der Waals surface area contributed by atoms with Crippen molar-refractivity contribution in [1.29, 1.82) is 0 Å². The minimum absolute atomic E-state index is 0.182. The van der Waals surface area contributed by atoms with Gasteiger partial charge >= 0.3 is 0 Å². The maximum Gasteiger partial charge on any atom is 0.184 e. The van der Waals surface area contributed by atoms with Crippen molar-refractivity contribution in [2.24, 2.45) is 7.05 Å². The highest BCUT2D eigenvalue weighted by molar-refractivity contribution is 7.71. The Hall–Kier alpha value is -2.18. The zero-order chi connectivity index (χ0) is 17.4. The lowest BCUT2D eigenvalue weighted by Gasteiger charge is -2.33. The van der Waals surface area contributed by atoms with Crippen molar-refractivity contribution in [3.05, 3.63) is 59.1 Å². The molecule has 1 fully saturated rings. The number of piperazine rings is 1. The number of imidazole rings is 1. The molecule has 4 nitrogen and oxygen atoms in total. The number of halogens is 1. The Balaban J connectivity index is 1.48. The molecule has 2 aromatic carbocycles. The van der Waals surface area contributed by atoms with E-state index in [2.05, 4.69) is 38.3 Å². The van der Waals surface area contributed by atoms with Crippen molar-refractivity contribution in [2.45, 2.75) is 6.67 Å². The number of fused-ring (bicyclic) bond motifs is 1. The first-order valence-corrected chi connectivity index (χ1v) is 9.02. The van der Waals surface area contributed by atoms with E-state index < -0.39 is 0 Å². The Morgan fingerprint density at radius 2 is 1.64 bits per heavy atom. The van der Waals surface area contributed by atoms with Crippen molar-refractivity contribution in [2.75, 3.05) is 31.1 Å². The molecule has 2 heterocycles. The summed E-state index contributed by atoms with van der Waals surface area (Å²) < 4.78 is 18.3. The largest absolute Gasteiger partial charge is 0.360 e. The summed E-state index contributed by atoms with van der Waals surface area (Å²) in [7, 11) is 2.03. The molecule has 1 aromatic heterocycles. The van der Waals surface area contributed by atoms with Gasteiger partial charge < -0.3 is 14.4 Å². The molecule has 4 rings (SSSR count). The zero-order valence-electron chi connectivity index (χ0n) is 14.3. The van der Waals surface area contributed by atoms with Crippen LogP contribution in [-0.4, -0.2) is 35.3 Å². The SMILES string of the molecule is Cn1c(=S)n(C[NH+]2CCN(c3ccc(F)cc3)CC2)c2ccccc21. The minimum Gasteiger partial charge on any atom is -0.360 e. The van der Waals surface area contributed by atoms with E-state index in [4.69, 9.17) is 12.2 Å². The maximum atomic E-state index is 13.1. The van der Waals surface area contributed by atoms with Crippen molar-refractivity contribution in [3.8, 4) is 0 Å². The highest BCUT2D eigenvalue weighted by atomic mass is 32.1. The first-order valence-electron chi connectivity index (χ1n) is 8.62. The number of nitrogens with one attached hydrogen (secondary N) is 1. The fourth-order valence-corrected chi connectivity index (χ4v) is 3.89. The molecule has 130 valence electrons. The Bertz CT molecular complexity index is 936. The average Bonchev–Trinajstić information content (AvgIpc) is 2.88. The van der Waals surface area contributed by atoms with E-state index in [9.17, 15) is 4.39 Å². The van der Waals surface area contributed by atoms with E-state index in [-0.39, 0.29) is 5.82 Å². The second kappa shape index (κ2) is 6.61. The molecule has 1 saturated heterocycles. The molecule has 0 radical (unpaired) electrons. The first-order chi connectivity index (χ1) is 12.1. The molecule has 3 aromatic rings. The predicted octanol–water partition coefficient (Wildman–Crippen LogP) is 2.21. The second-order valence-electron chi connectivity index (χ2n) is 6.63. The molecule has 1 aliphatic heterocycles. The third-order valence-electron chi connectivity index (χ3n) is 5.10. The van der Waals surface area contributed by atoms with Gasteiger partial charge in [0.05, 0.1) is 37.2 Å². The molecule has 0 saturated carbocycles. The molecule has 6 heteroatoms. The quantitative estimate of drug-likeness (QED) is 0.724. The molecule has 1 aliphatic rings. The van der Waals surface area contributed by atoms with Gasteiger partial charge in [0.15, 0.2) is 11.4 Å². The van der Waals surface area contributed by atoms with Gasteiger partial charge in [-0.25, -0.2) is 4.39 Å². The maximum absolute atomic E-state index is 13.1. The van der Waals surface area contributed by atoms with Gasteiger partial charge in [-0.3, -0.25) is 4.57 Å². The van der Waals surface area contributed by atoms with Gasteiger partial charge in [-0.2, -0.15) is 0 Å². The topological polar surface area (TPSA) is 17.5 Å². The van der Waals surface area contributed by atoms with E-state index in [0.717, 1.165) is 43.3 Å². The lowest BCUT2D eigenvalue weighted by atomic mass is 10.2. The molecule has 0 spiro atoms. The normalized spacial score (nSPS) is 15.8. The molecule has 0 unspecified atom stereocenters. The number of rotatable bonds is 3. The van der Waals surface area contributed by atoms with Gasteiger partial charge in [0.1, 0.15) is 5.82 Å². The third kappa shape index (κ3) is 3.07. The van der Waals surface area contributed by atoms with Crippen LogP contribution in [-0.2, 0) is 13.7 Å². The van der Waals surface area contributed by atoms with Crippen LogP contribution in [0.15, 0.2) is 48.5 Å². The number of benzene rings is 2. The number of hydrogen-bond acceptors (Lipinski definition) is 2. The summed E-state index contributed by atoms with van der Waals surface area (Å²) in [5.41, 5.74) is 3.47. The number of aromatic nitrogens is 2. The molecule has 0 bridgehead atoms. The summed E-state index contributed by atoms with van der Waals surface area (Å²) >= 11 is 5.64. The van der Waals surface area contributed by atoms with Crippen LogP contribution in [0.4, 0.5) is 10.1 Å². The highest BCUT2D eigenvalue weighted by Crippen LogP contribution is 2.16. The van der Waals surface area contributed by atoms with Crippen LogP contribution in [0.1, 0.15) is 0 Å². The van der Waals surface area contributed by atoms with Crippen LogP contribution in [0.2, 0.25) is 0 Å². The van der Waals surface area contributed by atoms with Crippen molar-refractivity contribution in [1.82, 2.24) is 9.13 Å². The monoisotopic (exact) mass is 357 g/mol. The third-order valence-corrected chi connectivity index (χ3v) is 5.59. The molecular weight excluding hydrogens is 335 g/mol. The smallest absolute Gasteiger partial charge is 0.184 e. The number of anilines is 1.